The summed E-state index contributed by atoms with van der Waals surface area (Å²) >= 11 is 12.9. The second-order valence-corrected chi connectivity index (χ2v) is 5.47. The zero-order chi connectivity index (χ0) is 12.4. The third kappa shape index (κ3) is 2.60. The van der Waals surface area contributed by atoms with Crippen molar-refractivity contribution in [2.24, 2.45) is 0 Å². The standard InChI is InChI=1S/C11H7Cl2NO2S/c1-16-7-2-6(4-14-5-7)10(15)8-3-9(12)17-11(8)13/h2-5H,1H3. The largest absolute Gasteiger partial charge is 0.495 e. The normalized spacial score (nSPS) is 10.3. The average Bonchev–Trinajstić information content (AvgIpc) is 2.67. The highest BCUT2D eigenvalue weighted by Crippen LogP contribution is 2.32. The molecule has 0 aliphatic heterocycles. The van der Waals surface area contributed by atoms with E-state index >= 15 is 0 Å². The molecule has 0 aromatic carbocycles. The second-order valence-electron chi connectivity index (χ2n) is 3.18. The summed E-state index contributed by atoms with van der Waals surface area (Å²) in [5.41, 5.74) is 0.803. The van der Waals surface area contributed by atoms with Crippen LogP contribution in [-0.2, 0) is 0 Å². The third-order valence-electron chi connectivity index (χ3n) is 2.11. The van der Waals surface area contributed by atoms with Crippen molar-refractivity contribution in [3.05, 3.63) is 44.3 Å². The van der Waals surface area contributed by atoms with Gasteiger partial charge in [-0.1, -0.05) is 23.2 Å². The van der Waals surface area contributed by atoms with Gasteiger partial charge in [0.1, 0.15) is 10.1 Å². The number of aromatic nitrogens is 1. The molecule has 3 nitrogen and oxygen atoms in total. The van der Waals surface area contributed by atoms with Crippen LogP contribution < -0.4 is 4.74 Å². The van der Waals surface area contributed by atoms with E-state index in [1.165, 1.54) is 19.5 Å². The molecular formula is C11H7Cl2NO2S. The molecule has 88 valence electrons. The number of nitrogens with zero attached hydrogens (tertiary/aromatic N) is 1. The quantitative estimate of drug-likeness (QED) is 0.808. The van der Waals surface area contributed by atoms with Crippen LogP contribution in [0, 0.1) is 0 Å². The van der Waals surface area contributed by atoms with Crippen LogP contribution in [0.1, 0.15) is 15.9 Å². The number of ketones is 1. The molecule has 0 aliphatic rings. The number of methoxy groups -OCH3 is 1. The molecule has 0 amide bonds. The van der Waals surface area contributed by atoms with Gasteiger partial charge in [0.25, 0.3) is 0 Å². The molecule has 0 radical (unpaired) electrons. The molecular weight excluding hydrogens is 281 g/mol. The zero-order valence-corrected chi connectivity index (χ0v) is 11.1. The number of halogens is 2. The number of thiophene rings is 1. The molecule has 17 heavy (non-hydrogen) atoms. The molecule has 0 N–H and O–H groups in total. The minimum Gasteiger partial charge on any atom is -0.495 e. The Kier molecular flexibility index (Phi) is 3.66. The van der Waals surface area contributed by atoms with Crippen LogP contribution in [0.25, 0.3) is 0 Å². The number of carbonyl (C=O) groups is 1. The Morgan fingerprint density at radius 2 is 2.12 bits per heavy atom. The fraction of sp³-hybridized carbons (Fsp3) is 0.0909. The maximum atomic E-state index is 12.1. The Labute approximate surface area is 112 Å². The van der Waals surface area contributed by atoms with Crippen molar-refractivity contribution < 1.29 is 9.53 Å². The smallest absolute Gasteiger partial charge is 0.197 e. The van der Waals surface area contributed by atoms with Crippen LogP contribution in [-0.4, -0.2) is 17.9 Å². The molecule has 0 spiro atoms. The number of carbonyl (C=O) groups excluding carboxylic acids is 1. The van der Waals surface area contributed by atoms with E-state index in [-0.39, 0.29) is 5.78 Å². The molecule has 2 aromatic heterocycles. The third-order valence-corrected chi connectivity index (χ3v) is 3.60. The summed E-state index contributed by atoms with van der Waals surface area (Å²) in [5, 5.41) is 0. The first-order chi connectivity index (χ1) is 8.11. The van der Waals surface area contributed by atoms with Crippen LogP contribution >= 0.6 is 34.5 Å². The van der Waals surface area contributed by atoms with Crippen molar-refractivity contribution in [2.45, 2.75) is 0 Å². The molecule has 0 bridgehead atoms. The summed E-state index contributed by atoms with van der Waals surface area (Å²) in [7, 11) is 1.51. The average molecular weight is 288 g/mol. The van der Waals surface area contributed by atoms with Gasteiger partial charge in [-0.25, -0.2) is 0 Å². The lowest BCUT2D eigenvalue weighted by atomic mass is 10.1. The number of pyridine rings is 1. The predicted octanol–water partition coefficient (Wildman–Crippen LogP) is 3.69. The topological polar surface area (TPSA) is 39.2 Å². The highest BCUT2D eigenvalue weighted by molar-refractivity contribution is 7.20. The molecule has 0 fully saturated rings. The summed E-state index contributed by atoms with van der Waals surface area (Å²) < 4.78 is 5.86. The SMILES string of the molecule is COc1cncc(C(=O)c2cc(Cl)sc2Cl)c1. The minimum absolute atomic E-state index is 0.218. The summed E-state index contributed by atoms with van der Waals surface area (Å²) in [6, 6.07) is 3.16. The highest BCUT2D eigenvalue weighted by atomic mass is 35.5. The number of ether oxygens (including phenoxy) is 1. The Morgan fingerprint density at radius 3 is 2.71 bits per heavy atom. The minimum atomic E-state index is -0.218. The molecule has 0 atom stereocenters. The predicted molar refractivity (Wildman–Crippen MR) is 68.6 cm³/mol. The summed E-state index contributed by atoms with van der Waals surface area (Å²) in [4.78, 5) is 16.0. The van der Waals surface area contributed by atoms with E-state index in [1.54, 1.807) is 12.1 Å². The van der Waals surface area contributed by atoms with Crippen molar-refractivity contribution in [1.82, 2.24) is 4.98 Å². The summed E-state index contributed by atoms with van der Waals surface area (Å²) in [5.74, 6) is 0.304. The number of hydrogen-bond acceptors (Lipinski definition) is 4. The summed E-state index contributed by atoms with van der Waals surface area (Å²) in [6.45, 7) is 0. The Morgan fingerprint density at radius 1 is 1.35 bits per heavy atom. The van der Waals surface area contributed by atoms with E-state index in [2.05, 4.69) is 4.98 Å². The Bertz CT molecular complexity index is 568. The molecule has 0 unspecified atom stereocenters. The van der Waals surface area contributed by atoms with Gasteiger partial charge in [0.2, 0.25) is 0 Å². The zero-order valence-electron chi connectivity index (χ0n) is 8.74. The van der Waals surface area contributed by atoms with Crippen LogP contribution in [0.2, 0.25) is 8.67 Å². The van der Waals surface area contributed by atoms with Crippen molar-refractivity contribution >= 4 is 40.3 Å². The lowest BCUT2D eigenvalue weighted by molar-refractivity contribution is 0.103. The van der Waals surface area contributed by atoms with E-state index in [0.29, 0.717) is 25.5 Å². The van der Waals surface area contributed by atoms with Crippen LogP contribution in [0.5, 0.6) is 5.75 Å². The Balaban J connectivity index is 2.40. The summed E-state index contributed by atoms with van der Waals surface area (Å²) in [6.07, 6.45) is 2.99. The second kappa shape index (κ2) is 5.04. The van der Waals surface area contributed by atoms with E-state index in [0.717, 1.165) is 11.3 Å². The molecule has 2 rings (SSSR count). The van der Waals surface area contributed by atoms with E-state index in [9.17, 15) is 4.79 Å². The molecule has 2 heterocycles. The van der Waals surface area contributed by atoms with Gasteiger partial charge < -0.3 is 4.74 Å². The van der Waals surface area contributed by atoms with Gasteiger partial charge >= 0.3 is 0 Å². The fourth-order valence-electron chi connectivity index (χ4n) is 1.31. The number of hydrogen-bond donors (Lipinski definition) is 0. The van der Waals surface area contributed by atoms with Gasteiger partial charge in [-0.05, 0) is 12.1 Å². The molecule has 6 heteroatoms. The lowest BCUT2D eigenvalue weighted by Crippen LogP contribution is -2.01. The van der Waals surface area contributed by atoms with E-state index < -0.39 is 0 Å². The monoisotopic (exact) mass is 287 g/mol. The number of rotatable bonds is 3. The van der Waals surface area contributed by atoms with Gasteiger partial charge in [0.05, 0.1) is 23.2 Å². The van der Waals surface area contributed by atoms with Crippen LogP contribution in [0.3, 0.4) is 0 Å². The fourth-order valence-corrected chi connectivity index (χ4v) is 2.76. The maximum absolute atomic E-state index is 12.1. The molecule has 0 aliphatic carbocycles. The molecule has 0 saturated carbocycles. The van der Waals surface area contributed by atoms with Crippen LogP contribution in [0.15, 0.2) is 24.5 Å². The first-order valence-corrected chi connectivity index (χ1v) is 6.17. The van der Waals surface area contributed by atoms with Gasteiger partial charge in [-0.2, -0.15) is 0 Å². The molecule has 2 aromatic rings. The van der Waals surface area contributed by atoms with Crippen molar-refractivity contribution in [1.29, 1.82) is 0 Å². The van der Waals surface area contributed by atoms with E-state index in [1.807, 2.05) is 0 Å². The van der Waals surface area contributed by atoms with Crippen LogP contribution in [0.4, 0.5) is 0 Å². The van der Waals surface area contributed by atoms with Crippen molar-refractivity contribution in [2.75, 3.05) is 7.11 Å². The van der Waals surface area contributed by atoms with Gasteiger partial charge in [-0.15, -0.1) is 11.3 Å². The van der Waals surface area contributed by atoms with Crippen molar-refractivity contribution in [3.63, 3.8) is 0 Å². The van der Waals surface area contributed by atoms with Gasteiger partial charge in [0.15, 0.2) is 5.78 Å². The van der Waals surface area contributed by atoms with Gasteiger partial charge in [-0.3, -0.25) is 9.78 Å². The van der Waals surface area contributed by atoms with Crippen molar-refractivity contribution in [3.8, 4) is 5.75 Å². The first kappa shape index (κ1) is 12.4. The highest BCUT2D eigenvalue weighted by Gasteiger charge is 2.16. The molecule has 0 saturated heterocycles. The lowest BCUT2D eigenvalue weighted by Gasteiger charge is -2.02. The van der Waals surface area contributed by atoms with E-state index in [4.69, 9.17) is 27.9 Å². The maximum Gasteiger partial charge on any atom is 0.197 e. The Hall–Kier alpha value is -1.10. The van der Waals surface area contributed by atoms with Gasteiger partial charge in [0, 0.05) is 11.8 Å². The first-order valence-electron chi connectivity index (χ1n) is 4.60.